The van der Waals surface area contributed by atoms with Gasteiger partial charge in [0.1, 0.15) is 6.61 Å². The number of hydrogen-bond acceptors (Lipinski definition) is 3. The van der Waals surface area contributed by atoms with Gasteiger partial charge < -0.3 is 10.1 Å². The van der Waals surface area contributed by atoms with E-state index in [4.69, 9.17) is 16.3 Å². The van der Waals surface area contributed by atoms with E-state index in [1.165, 1.54) is 0 Å². The number of halogens is 1. The Morgan fingerprint density at radius 3 is 2.62 bits per heavy atom. The van der Waals surface area contributed by atoms with Crippen LogP contribution in [0.4, 0.5) is 5.82 Å². The number of hydrogen-bond donors (Lipinski definition) is 1. The number of carbonyl (C=O) groups is 1. The molecular weight excluding hydrogens is 348 g/mol. The maximum Gasteiger partial charge on any atom is 0.230 e. The number of nitrogens with one attached hydrogen (secondary N) is 1. The van der Waals surface area contributed by atoms with Gasteiger partial charge in [-0.25, -0.2) is 4.98 Å². The van der Waals surface area contributed by atoms with Gasteiger partial charge in [-0.15, -0.1) is 0 Å². The van der Waals surface area contributed by atoms with E-state index in [1.807, 2.05) is 43.3 Å². The molecule has 0 atom stereocenters. The van der Waals surface area contributed by atoms with Crippen LogP contribution in [0.25, 0.3) is 0 Å². The Labute approximate surface area is 157 Å². The lowest BCUT2D eigenvalue weighted by molar-refractivity contribution is -0.115. The molecule has 0 saturated carbocycles. The van der Waals surface area contributed by atoms with Gasteiger partial charge in [-0.2, -0.15) is 0 Å². The van der Waals surface area contributed by atoms with E-state index in [0.29, 0.717) is 23.2 Å². The number of aryl methyl sites for hydroxylation is 1. The summed E-state index contributed by atoms with van der Waals surface area (Å²) in [5.74, 6) is 0.798. The summed E-state index contributed by atoms with van der Waals surface area (Å²) in [5.41, 5.74) is 3.13. The van der Waals surface area contributed by atoms with Gasteiger partial charge in [0.25, 0.3) is 0 Å². The minimum atomic E-state index is -0.160. The number of pyridine rings is 1. The molecule has 0 fully saturated rings. The molecule has 26 heavy (non-hydrogen) atoms. The van der Waals surface area contributed by atoms with Crippen LogP contribution in [-0.4, -0.2) is 10.9 Å². The molecule has 3 rings (SSSR count). The number of anilines is 1. The Balaban J connectivity index is 1.65. The van der Waals surface area contributed by atoms with Crippen molar-refractivity contribution in [1.29, 1.82) is 0 Å². The van der Waals surface area contributed by atoms with Crippen LogP contribution in [0.5, 0.6) is 5.75 Å². The Bertz CT molecular complexity index is 895. The third kappa shape index (κ3) is 4.83. The zero-order chi connectivity index (χ0) is 18.4. The average molecular weight is 367 g/mol. The van der Waals surface area contributed by atoms with Crippen LogP contribution < -0.4 is 10.1 Å². The van der Waals surface area contributed by atoms with Gasteiger partial charge in [0.05, 0.1) is 6.42 Å². The summed E-state index contributed by atoms with van der Waals surface area (Å²) in [5, 5.41) is 3.46. The fraction of sp³-hybridized carbons (Fsp3) is 0.143. The summed E-state index contributed by atoms with van der Waals surface area (Å²) in [6.45, 7) is 2.45. The molecule has 2 aromatic carbocycles. The summed E-state index contributed by atoms with van der Waals surface area (Å²) in [7, 11) is 0. The summed E-state index contributed by atoms with van der Waals surface area (Å²) in [6, 6.07) is 18.8. The quantitative estimate of drug-likeness (QED) is 0.681. The summed E-state index contributed by atoms with van der Waals surface area (Å²) < 4.78 is 5.88. The second-order valence-corrected chi connectivity index (χ2v) is 6.35. The molecule has 0 bridgehead atoms. The molecule has 0 aliphatic rings. The minimum absolute atomic E-state index is 0.160. The Kier molecular flexibility index (Phi) is 5.87. The minimum Gasteiger partial charge on any atom is -0.485 e. The van der Waals surface area contributed by atoms with Crippen molar-refractivity contribution in [2.24, 2.45) is 0 Å². The van der Waals surface area contributed by atoms with Crippen molar-refractivity contribution in [3.05, 3.63) is 88.6 Å². The van der Waals surface area contributed by atoms with E-state index >= 15 is 0 Å². The van der Waals surface area contributed by atoms with Gasteiger partial charge >= 0.3 is 0 Å². The standard InChI is InChI=1S/C21H19ClN2O2/c1-15-5-2-3-6-17(15)14-26-19-7-4-12-23-21(19)24-20(25)13-16-8-10-18(22)11-9-16/h2-12H,13-14H2,1H3,(H,23,24,25). The smallest absolute Gasteiger partial charge is 0.230 e. The van der Waals surface area contributed by atoms with Crippen molar-refractivity contribution in [3.8, 4) is 5.75 Å². The Hall–Kier alpha value is -2.85. The summed E-state index contributed by atoms with van der Waals surface area (Å²) in [4.78, 5) is 16.5. The fourth-order valence-electron chi connectivity index (χ4n) is 2.49. The van der Waals surface area contributed by atoms with Crippen molar-refractivity contribution >= 4 is 23.3 Å². The van der Waals surface area contributed by atoms with E-state index in [2.05, 4.69) is 10.3 Å². The Morgan fingerprint density at radius 1 is 1.08 bits per heavy atom. The van der Waals surface area contributed by atoms with Gasteiger partial charge in [0, 0.05) is 11.2 Å². The molecule has 3 aromatic rings. The monoisotopic (exact) mass is 366 g/mol. The van der Waals surface area contributed by atoms with Crippen LogP contribution in [0.15, 0.2) is 66.9 Å². The molecule has 0 spiro atoms. The molecule has 1 heterocycles. The van der Waals surface area contributed by atoms with Crippen LogP contribution in [0, 0.1) is 6.92 Å². The molecule has 5 heteroatoms. The SMILES string of the molecule is Cc1ccccc1COc1cccnc1NC(=O)Cc1ccc(Cl)cc1. The fourth-order valence-corrected chi connectivity index (χ4v) is 2.62. The number of benzene rings is 2. The highest BCUT2D eigenvalue weighted by molar-refractivity contribution is 6.30. The molecule has 0 aliphatic heterocycles. The predicted octanol–water partition coefficient (Wildman–Crippen LogP) is 4.80. The van der Waals surface area contributed by atoms with E-state index in [1.54, 1.807) is 30.5 Å². The number of rotatable bonds is 6. The van der Waals surface area contributed by atoms with Crippen molar-refractivity contribution in [2.45, 2.75) is 20.0 Å². The zero-order valence-electron chi connectivity index (χ0n) is 14.4. The molecule has 1 N–H and O–H groups in total. The van der Waals surface area contributed by atoms with Crippen LogP contribution in [0.3, 0.4) is 0 Å². The number of amides is 1. The first-order valence-corrected chi connectivity index (χ1v) is 8.66. The van der Waals surface area contributed by atoms with E-state index in [0.717, 1.165) is 16.7 Å². The third-order valence-corrected chi connectivity index (χ3v) is 4.20. The number of aromatic nitrogens is 1. The predicted molar refractivity (Wildman–Crippen MR) is 104 cm³/mol. The largest absolute Gasteiger partial charge is 0.485 e. The second kappa shape index (κ2) is 8.50. The van der Waals surface area contributed by atoms with Crippen molar-refractivity contribution < 1.29 is 9.53 Å². The van der Waals surface area contributed by atoms with Gasteiger partial charge in [0.15, 0.2) is 11.6 Å². The Morgan fingerprint density at radius 2 is 1.85 bits per heavy atom. The van der Waals surface area contributed by atoms with Crippen LogP contribution in [-0.2, 0) is 17.8 Å². The highest BCUT2D eigenvalue weighted by Crippen LogP contribution is 2.23. The normalized spacial score (nSPS) is 10.4. The first-order valence-electron chi connectivity index (χ1n) is 8.28. The van der Waals surface area contributed by atoms with E-state index in [9.17, 15) is 4.79 Å². The van der Waals surface area contributed by atoms with E-state index < -0.39 is 0 Å². The van der Waals surface area contributed by atoms with Crippen molar-refractivity contribution in [1.82, 2.24) is 4.98 Å². The lowest BCUT2D eigenvalue weighted by Crippen LogP contribution is -2.16. The van der Waals surface area contributed by atoms with Crippen LogP contribution in [0.2, 0.25) is 5.02 Å². The van der Waals surface area contributed by atoms with Gasteiger partial charge in [-0.05, 0) is 47.9 Å². The van der Waals surface area contributed by atoms with Crippen molar-refractivity contribution in [3.63, 3.8) is 0 Å². The highest BCUT2D eigenvalue weighted by Gasteiger charge is 2.10. The highest BCUT2D eigenvalue weighted by atomic mass is 35.5. The zero-order valence-corrected chi connectivity index (χ0v) is 15.2. The lowest BCUT2D eigenvalue weighted by atomic mass is 10.1. The first-order chi connectivity index (χ1) is 12.6. The summed E-state index contributed by atoms with van der Waals surface area (Å²) in [6.07, 6.45) is 1.86. The van der Waals surface area contributed by atoms with E-state index in [-0.39, 0.29) is 12.3 Å². The van der Waals surface area contributed by atoms with Gasteiger partial charge in [-0.1, -0.05) is 48.0 Å². The number of carbonyl (C=O) groups excluding carboxylic acids is 1. The molecule has 4 nitrogen and oxygen atoms in total. The van der Waals surface area contributed by atoms with Crippen LogP contribution >= 0.6 is 11.6 Å². The number of nitrogens with zero attached hydrogens (tertiary/aromatic N) is 1. The first kappa shape index (κ1) is 18.0. The van der Waals surface area contributed by atoms with Crippen LogP contribution in [0.1, 0.15) is 16.7 Å². The maximum atomic E-state index is 12.3. The molecule has 1 amide bonds. The second-order valence-electron chi connectivity index (χ2n) is 5.92. The molecule has 0 unspecified atom stereocenters. The molecule has 0 saturated heterocycles. The van der Waals surface area contributed by atoms with Gasteiger partial charge in [0.2, 0.25) is 5.91 Å². The molecule has 132 valence electrons. The maximum absolute atomic E-state index is 12.3. The number of ether oxygens (including phenoxy) is 1. The molecule has 0 aliphatic carbocycles. The molecule has 1 aromatic heterocycles. The van der Waals surface area contributed by atoms with Gasteiger partial charge in [-0.3, -0.25) is 4.79 Å². The average Bonchev–Trinajstić information content (AvgIpc) is 2.64. The summed E-state index contributed by atoms with van der Waals surface area (Å²) >= 11 is 5.87. The van der Waals surface area contributed by atoms with Crippen molar-refractivity contribution in [2.75, 3.05) is 5.32 Å². The topological polar surface area (TPSA) is 51.2 Å². The third-order valence-electron chi connectivity index (χ3n) is 3.95. The molecular formula is C21H19ClN2O2. The molecule has 0 radical (unpaired) electrons. The lowest BCUT2D eigenvalue weighted by Gasteiger charge is -2.12.